The summed E-state index contributed by atoms with van der Waals surface area (Å²) in [5.74, 6) is 0.573. The van der Waals surface area contributed by atoms with Crippen molar-refractivity contribution in [3.8, 4) is 51.3 Å². The van der Waals surface area contributed by atoms with Crippen molar-refractivity contribution in [1.29, 1.82) is 5.26 Å². The highest BCUT2D eigenvalue weighted by atomic mass is 15.0. The van der Waals surface area contributed by atoms with E-state index in [0.717, 1.165) is 71.7 Å². The van der Waals surface area contributed by atoms with Gasteiger partial charge in [-0.3, -0.25) is 0 Å². The van der Waals surface area contributed by atoms with Gasteiger partial charge in [0.2, 0.25) is 0 Å². The predicted octanol–water partition coefficient (Wildman–Crippen LogP) is 12.7. The quantitative estimate of drug-likeness (QED) is 0.178. The third kappa shape index (κ3) is 4.87. The zero-order valence-electron chi connectivity index (χ0n) is 30.1. The van der Waals surface area contributed by atoms with Gasteiger partial charge >= 0.3 is 0 Å². The van der Waals surface area contributed by atoms with Crippen LogP contribution in [0.4, 0.5) is 0 Å². The van der Waals surface area contributed by atoms with Crippen LogP contribution in [-0.4, -0.2) is 19.1 Å². The fourth-order valence-electron chi connectivity index (χ4n) is 8.43. The summed E-state index contributed by atoms with van der Waals surface area (Å²) in [7, 11) is 0. The van der Waals surface area contributed by atoms with Crippen LogP contribution in [0.3, 0.4) is 0 Å². The molecule has 0 saturated heterocycles. The molecule has 3 heterocycles. The van der Waals surface area contributed by atoms with Crippen molar-refractivity contribution < 1.29 is 0 Å². The van der Waals surface area contributed by atoms with Gasteiger partial charge < -0.3 is 9.13 Å². The molecule has 11 aromatic rings. The van der Waals surface area contributed by atoms with Gasteiger partial charge in [-0.25, -0.2) is 9.97 Å². The third-order valence-electron chi connectivity index (χ3n) is 10.9. The van der Waals surface area contributed by atoms with Gasteiger partial charge in [0.05, 0.1) is 33.5 Å². The Labute approximate surface area is 322 Å². The van der Waals surface area contributed by atoms with E-state index in [9.17, 15) is 5.26 Å². The summed E-state index contributed by atoms with van der Waals surface area (Å²) >= 11 is 0. The molecule has 0 saturated carbocycles. The maximum absolute atomic E-state index is 10.9. The minimum absolute atomic E-state index is 0.442. The molecule has 0 bridgehead atoms. The average molecular weight is 714 g/mol. The monoisotopic (exact) mass is 713 g/mol. The number of rotatable bonds is 5. The number of nitriles is 1. The molecular formula is C51H31N5. The highest BCUT2D eigenvalue weighted by molar-refractivity contribution is 6.24. The Morgan fingerprint density at radius 1 is 0.393 bits per heavy atom. The summed E-state index contributed by atoms with van der Waals surface area (Å²) in [5.41, 5.74) is 10.9. The number of aromatic nitrogens is 4. The van der Waals surface area contributed by atoms with E-state index >= 15 is 0 Å². The summed E-state index contributed by atoms with van der Waals surface area (Å²) in [6, 6.07) is 67.9. The Morgan fingerprint density at radius 2 is 0.911 bits per heavy atom. The largest absolute Gasteiger partial charge is 0.307 e. The van der Waals surface area contributed by atoms with Crippen LogP contribution in [0.5, 0.6) is 0 Å². The Balaban J connectivity index is 1.24. The van der Waals surface area contributed by atoms with Crippen LogP contribution < -0.4 is 0 Å². The molecule has 5 nitrogen and oxygen atoms in total. The first-order chi connectivity index (χ1) is 27.7. The summed E-state index contributed by atoms with van der Waals surface area (Å²) in [6.07, 6.45) is 0. The summed E-state index contributed by atoms with van der Waals surface area (Å²) in [5, 5.41) is 17.7. The van der Waals surface area contributed by atoms with Crippen molar-refractivity contribution in [2.24, 2.45) is 0 Å². The normalized spacial score (nSPS) is 11.6. The summed E-state index contributed by atoms with van der Waals surface area (Å²) in [4.78, 5) is 10.3. The zero-order valence-corrected chi connectivity index (χ0v) is 30.1. The van der Waals surface area contributed by atoms with Crippen LogP contribution in [0.2, 0.25) is 0 Å². The molecule has 0 unspecified atom stereocenters. The molecule has 8 aromatic carbocycles. The van der Waals surface area contributed by atoms with E-state index in [0.29, 0.717) is 22.8 Å². The first-order valence-corrected chi connectivity index (χ1v) is 18.7. The van der Waals surface area contributed by atoms with E-state index in [4.69, 9.17) is 9.97 Å². The molecule has 0 spiro atoms. The average Bonchev–Trinajstić information content (AvgIpc) is 3.79. The summed E-state index contributed by atoms with van der Waals surface area (Å²) in [6.45, 7) is 0. The SMILES string of the molecule is N#Cc1c(-c2ccc3ccccc3c2)nc(-c2ccccc2)nc1-c1ccc2c(c1)c1ccc3c4ccccc4n(-c4ccccc4)c3c1n2-c1ccccc1. The van der Waals surface area contributed by atoms with E-state index < -0.39 is 0 Å². The molecule has 260 valence electrons. The maximum Gasteiger partial charge on any atom is 0.160 e. The van der Waals surface area contributed by atoms with E-state index in [2.05, 4.69) is 161 Å². The number of hydrogen-bond acceptors (Lipinski definition) is 3. The van der Waals surface area contributed by atoms with E-state index in [1.807, 2.05) is 42.5 Å². The third-order valence-corrected chi connectivity index (χ3v) is 10.9. The molecule has 0 amide bonds. The molecule has 11 rings (SSSR count). The van der Waals surface area contributed by atoms with Gasteiger partial charge in [0.1, 0.15) is 11.6 Å². The first kappa shape index (κ1) is 31.7. The van der Waals surface area contributed by atoms with Gasteiger partial charge in [0.15, 0.2) is 5.82 Å². The fraction of sp³-hybridized carbons (Fsp3) is 0. The molecule has 0 atom stereocenters. The van der Waals surface area contributed by atoms with Crippen molar-refractivity contribution >= 4 is 54.4 Å². The van der Waals surface area contributed by atoms with Gasteiger partial charge in [-0.15, -0.1) is 0 Å². The second-order valence-corrected chi connectivity index (χ2v) is 14.1. The lowest BCUT2D eigenvalue weighted by Crippen LogP contribution is -2.01. The predicted molar refractivity (Wildman–Crippen MR) is 229 cm³/mol. The van der Waals surface area contributed by atoms with Gasteiger partial charge in [0, 0.05) is 49.6 Å². The molecule has 0 radical (unpaired) electrons. The molecule has 0 N–H and O–H groups in total. The Hall–Kier alpha value is -7.81. The Kier molecular flexibility index (Phi) is 7.16. The molecule has 3 aromatic heterocycles. The van der Waals surface area contributed by atoms with Gasteiger partial charge in [-0.1, -0.05) is 140 Å². The molecule has 56 heavy (non-hydrogen) atoms. The Bertz CT molecular complexity index is 3350. The lowest BCUT2D eigenvalue weighted by Gasteiger charge is -2.13. The van der Waals surface area contributed by atoms with Crippen molar-refractivity contribution in [2.45, 2.75) is 0 Å². The minimum Gasteiger partial charge on any atom is -0.307 e. The molecule has 5 heteroatoms. The number of para-hydroxylation sites is 3. The van der Waals surface area contributed by atoms with Crippen molar-refractivity contribution in [2.75, 3.05) is 0 Å². The van der Waals surface area contributed by atoms with Crippen molar-refractivity contribution in [1.82, 2.24) is 19.1 Å². The van der Waals surface area contributed by atoms with Crippen LogP contribution in [0.1, 0.15) is 5.56 Å². The van der Waals surface area contributed by atoms with Gasteiger partial charge in [0.25, 0.3) is 0 Å². The first-order valence-electron chi connectivity index (χ1n) is 18.7. The van der Waals surface area contributed by atoms with E-state index in [1.165, 1.54) is 10.8 Å². The number of hydrogen-bond donors (Lipinski definition) is 0. The lowest BCUT2D eigenvalue weighted by atomic mass is 9.97. The standard InChI is InChI=1S/C51H31N5/c52-32-44-47(36-25-24-33-14-10-11-17-35(33)30-36)53-51(34-15-4-1-5-16-34)54-48(44)37-26-29-46-43(31-37)42-28-27-41-40-22-12-13-23-45(40)55(38-18-6-2-7-19-38)49(41)50(42)56(46)39-20-8-3-9-21-39/h1-31H. The summed E-state index contributed by atoms with van der Waals surface area (Å²) < 4.78 is 4.78. The molecule has 0 fully saturated rings. The maximum atomic E-state index is 10.9. The van der Waals surface area contributed by atoms with E-state index in [1.54, 1.807) is 0 Å². The van der Waals surface area contributed by atoms with Crippen molar-refractivity contribution in [3.63, 3.8) is 0 Å². The zero-order chi connectivity index (χ0) is 37.2. The van der Waals surface area contributed by atoms with Crippen LogP contribution in [0, 0.1) is 11.3 Å². The van der Waals surface area contributed by atoms with Gasteiger partial charge in [-0.05, 0) is 59.3 Å². The number of fused-ring (bicyclic) bond motifs is 8. The highest BCUT2D eigenvalue weighted by Crippen LogP contribution is 2.43. The van der Waals surface area contributed by atoms with Crippen LogP contribution in [0.25, 0.3) is 99.7 Å². The number of nitrogens with zero attached hydrogens (tertiary/aromatic N) is 5. The molecule has 0 aliphatic heterocycles. The minimum atomic E-state index is 0.442. The number of benzene rings is 8. The molecule has 0 aliphatic carbocycles. The smallest absolute Gasteiger partial charge is 0.160 e. The fourth-order valence-corrected chi connectivity index (χ4v) is 8.43. The molecule has 0 aliphatic rings. The van der Waals surface area contributed by atoms with Crippen molar-refractivity contribution in [3.05, 3.63) is 194 Å². The van der Waals surface area contributed by atoms with Crippen LogP contribution in [-0.2, 0) is 0 Å². The second-order valence-electron chi connectivity index (χ2n) is 14.1. The molecular weight excluding hydrogens is 683 g/mol. The van der Waals surface area contributed by atoms with E-state index in [-0.39, 0.29) is 0 Å². The second kappa shape index (κ2) is 12.7. The van der Waals surface area contributed by atoms with Gasteiger partial charge in [-0.2, -0.15) is 5.26 Å². The Morgan fingerprint density at radius 3 is 1.57 bits per heavy atom. The topological polar surface area (TPSA) is 59.4 Å². The highest BCUT2D eigenvalue weighted by Gasteiger charge is 2.24. The lowest BCUT2D eigenvalue weighted by molar-refractivity contribution is 1.15. The van der Waals surface area contributed by atoms with Crippen LogP contribution in [0.15, 0.2) is 188 Å². The van der Waals surface area contributed by atoms with Crippen LogP contribution >= 0.6 is 0 Å².